The van der Waals surface area contributed by atoms with Crippen molar-refractivity contribution >= 4 is 23.3 Å². The summed E-state index contributed by atoms with van der Waals surface area (Å²) in [6, 6.07) is 6.24. The molecule has 0 aromatic heterocycles. The lowest BCUT2D eigenvalue weighted by Crippen LogP contribution is -2.52. The molecule has 0 radical (unpaired) electrons. The van der Waals surface area contributed by atoms with Crippen LogP contribution in [0, 0.1) is 5.92 Å². The number of hydrogen-bond acceptors (Lipinski definition) is 7. The Morgan fingerprint density at radius 2 is 1.81 bits per heavy atom. The van der Waals surface area contributed by atoms with Gasteiger partial charge in [0.2, 0.25) is 5.91 Å². The zero-order chi connectivity index (χ0) is 26.5. The Kier molecular flexibility index (Phi) is 9.21. The van der Waals surface area contributed by atoms with Gasteiger partial charge in [-0.25, -0.2) is 0 Å². The number of hydrogen-bond donors (Lipinski definition) is 1. The van der Waals surface area contributed by atoms with Crippen LogP contribution in [0.4, 0.5) is 5.69 Å². The van der Waals surface area contributed by atoms with Crippen LogP contribution in [0.15, 0.2) is 24.3 Å². The summed E-state index contributed by atoms with van der Waals surface area (Å²) < 4.78 is 11.4. The Morgan fingerprint density at radius 1 is 1.11 bits per heavy atom. The SMILES string of the molecule is CCCN1CCN(c2ccc(C(=O)N[C@@H](CC(C)C)C(=O)N3C[C@H](OCC)[C@H]4OCC(=O)[C@H]43)cc2)CC1. The van der Waals surface area contributed by atoms with Crippen LogP contribution >= 0.6 is 0 Å². The number of benzene rings is 1. The summed E-state index contributed by atoms with van der Waals surface area (Å²) in [6.45, 7) is 14.0. The predicted molar refractivity (Wildman–Crippen MR) is 142 cm³/mol. The number of anilines is 1. The summed E-state index contributed by atoms with van der Waals surface area (Å²) in [5.41, 5.74) is 1.62. The van der Waals surface area contributed by atoms with Crippen LogP contribution in [0.3, 0.4) is 0 Å². The molecular weight excluding hydrogens is 472 g/mol. The lowest BCUT2D eigenvalue weighted by atomic mass is 10.0. The fourth-order valence-electron chi connectivity index (χ4n) is 5.70. The van der Waals surface area contributed by atoms with Crippen LogP contribution < -0.4 is 10.2 Å². The van der Waals surface area contributed by atoms with E-state index in [0.29, 0.717) is 25.1 Å². The Balaban J connectivity index is 1.42. The molecule has 2 amide bonds. The van der Waals surface area contributed by atoms with E-state index in [9.17, 15) is 14.4 Å². The maximum absolute atomic E-state index is 13.7. The third-order valence-electron chi connectivity index (χ3n) is 7.52. The number of rotatable bonds is 10. The van der Waals surface area contributed by atoms with Gasteiger partial charge in [-0.15, -0.1) is 0 Å². The maximum Gasteiger partial charge on any atom is 0.251 e. The number of ether oxygens (including phenoxy) is 2. The molecule has 37 heavy (non-hydrogen) atoms. The first-order valence-corrected chi connectivity index (χ1v) is 13.8. The van der Waals surface area contributed by atoms with Crippen molar-refractivity contribution in [3.8, 4) is 0 Å². The van der Waals surface area contributed by atoms with Crippen molar-refractivity contribution in [1.29, 1.82) is 0 Å². The predicted octanol–water partition coefficient (Wildman–Crippen LogP) is 1.95. The largest absolute Gasteiger partial charge is 0.374 e. The minimum atomic E-state index is -0.728. The van der Waals surface area contributed by atoms with E-state index in [2.05, 4.69) is 22.0 Å². The first-order valence-electron chi connectivity index (χ1n) is 13.8. The first kappa shape index (κ1) is 27.5. The highest BCUT2D eigenvalue weighted by Crippen LogP contribution is 2.30. The van der Waals surface area contributed by atoms with E-state index in [0.717, 1.165) is 38.4 Å². The fraction of sp³-hybridized carbons (Fsp3) is 0.679. The lowest BCUT2D eigenvalue weighted by Gasteiger charge is -2.36. The summed E-state index contributed by atoms with van der Waals surface area (Å²) in [7, 11) is 0. The summed E-state index contributed by atoms with van der Waals surface area (Å²) in [5, 5.41) is 2.96. The second kappa shape index (κ2) is 12.4. The van der Waals surface area contributed by atoms with Crippen LogP contribution in [0.1, 0.15) is 50.9 Å². The number of carbonyl (C=O) groups is 3. The number of piperazine rings is 1. The number of ketones is 1. The molecule has 9 heteroatoms. The molecule has 3 aliphatic heterocycles. The minimum Gasteiger partial charge on any atom is -0.374 e. The highest BCUT2D eigenvalue weighted by molar-refractivity contribution is 5.99. The fourth-order valence-corrected chi connectivity index (χ4v) is 5.70. The van der Waals surface area contributed by atoms with Gasteiger partial charge in [0.1, 0.15) is 30.9 Å². The van der Waals surface area contributed by atoms with Gasteiger partial charge < -0.3 is 24.6 Å². The van der Waals surface area contributed by atoms with Gasteiger partial charge in [-0.3, -0.25) is 19.3 Å². The molecule has 204 valence electrons. The monoisotopic (exact) mass is 514 g/mol. The van der Waals surface area contributed by atoms with E-state index >= 15 is 0 Å². The summed E-state index contributed by atoms with van der Waals surface area (Å²) >= 11 is 0. The van der Waals surface area contributed by atoms with Gasteiger partial charge in [0, 0.05) is 44.0 Å². The zero-order valence-corrected chi connectivity index (χ0v) is 22.7. The van der Waals surface area contributed by atoms with Crippen molar-refractivity contribution in [3.63, 3.8) is 0 Å². The highest BCUT2D eigenvalue weighted by atomic mass is 16.6. The van der Waals surface area contributed by atoms with Gasteiger partial charge in [0.05, 0.1) is 6.54 Å². The average Bonchev–Trinajstić information content (AvgIpc) is 3.44. The molecule has 3 fully saturated rings. The second-order valence-electron chi connectivity index (χ2n) is 10.7. The van der Waals surface area contributed by atoms with Crippen LogP contribution in [-0.2, 0) is 19.1 Å². The third-order valence-corrected chi connectivity index (χ3v) is 7.52. The highest BCUT2D eigenvalue weighted by Gasteiger charge is 2.53. The first-order chi connectivity index (χ1) is 17.8. The molecule has 0 saturated carbocycles. The van der Waals surface area contributed by atoms with Crippen molar-refractivity contribution in [2.45, 2.75) is 64.8 Å². The lowest BCUT2D eigenvalue weighted by molar-refractivity contribution is -0.138. The summed E-state index contributed by atoms with van der Waals surface area (Å²) in [4.78, 5) is 45.8. The van der Waals surface area contributed by atoms with Gasteiger partial charge in [-0.05, 0) is 56.5 Å². The van der Waals surface area contributed by atoms with Crippen molar-refractivity contribution in [2.24, 2.45) is 5.92 Å². The van der Waals surface area contributed by atoms with E-state index in [-0.39, 0.29) is 36.2 Å². The normalized spacial score (nSPS) is 25.0. The number of nitrogens with zero attached hydrogens (tertiary/aromatic N) is 3. The molecule has 1 aromatic rings. The average molecular weight is 515 g/mol. The van der Waals surface area contributed by atoms with Crippen LogP contribution in [0.2, 0.25) is 0 Å². The molecule has 4 rings (SSSR count). The van der Waals surface area contributed by atoms with Gasteiger partial charge in [0.15, 0.2) is 5.78 Å². The zero-order valence-electron chi connectivity index (χ0n) is 22.7. The third kappa shape index (κ3) is 6.33. The van der Waals surface area contributed by atoms with Gasteiger partial charge in [0.25, 0.3) is 5.91 Å². The summed E-state index contributed by atoms with van der Waals surface area (Å²) in [6.07, 6.45) is 0.869. The van der Waals surface area contributed by atoms with E-state index in [1.807, 2.05) is 45.0 Å². The van der Waals surface area contributed by atoms with Crippen LogP contribution in [0.25, 0.3) is 0 Å². The molecule has 0 spiro atoms. The van der Waals surface area contributed by atoms with E-state index in [1.54, 1.807) is 4.90 Å². The second-order valence-corrected chi connectivity index (χ2v) is 10.7. The molecule has 0 aliphatic carbocycles. The summed E-state index contributed by atoms with van der Waals surface area (Å²) in [5.74, 6) is -0.468. The molecule has 1 aromatic carbocycles. The Morgan fingerprint density at radius 3 is 2.43 bits per heavy atom. The number of Topliss-reactive ketones (excluding diaryl/α,β-unsaturated/α-hetero) is 1. The smallest absolute Gasteiger partial charge is 0.251 e. The molecule has 4 atom stereocenters. The Hall–Kier alpha value is -2.49. The molecule has 3 saturated heterocycles. The van der Waals surface area contributed by atoms with Gasteiger partial charge in [-0.2, -0.15) is 0 Å². The molecular formula is C28H42N4O5. The van der Waals surface area contributed by atoms with Gasteiger partial charge >= 0.3 is 0 Å². The number of amides is 2. The topological polar surface area (TPSA) is 91.4 Å². The van der Waals surface area contributed by atoms with Crippen molar-refractivity contribution < 1.29 is 23.9 Å². The van der Waals surface area contributed by atoms with E-state index < -0.39 is 18.2 Å². The quantitative estimate of drug-likeness (QED) is 0.510. The van der Waals surface area contributed by atoms with E-state index in [4.69, 9.17) is 9.47 Å². The van der Waals surface area contributed by atoms with Crippen molar-refractivity contribution in [3.05, 3.63) is 29.8 Å². The molecule has 1 N–H and O–H groups in total. The molecule has 0 unspecified atom stereocenters. The molecule has 3 aliphatic rings. The number of fused-ring (bicyclic) bond motifs is 1. The number of carbonyl (C=O) groups excluding carboxylic acids is 3. The van der Waals surface area contributed by atoms with Gasteiger partial charge in [-0.1, -0.05) is 20.8 Å². The van der Waals surface area contributed by atoms with E-state index in [1.165, 1.54) is 6.42 Å². The Labute approximate surface area is 220 Å². The Bertz CT molecular complexity index is 944. The molecule has 0 bridgehead atoms. The number of nitrogens with one attached hydrogen (secondary N) is 1. The maximum atomic E-state index is 13.7. The molecule has 3 heterocycles. The minimum absolute atomic E-state index is 0.0100. The van der Waals surface area contributed by atoms with Crippen molar-refractivity contribution in [1.82, 2.24) is 15.1 Å². The standard InChI is InChI=1S/C28H42N4O5/c1-5-11-30-12-14-31(15-13-30)21-9-7-20(8-10-21)27(34)29-22(16-19(3)4)28(35)32-17-24(36-6-2)26-25(32)23(33)18-37-26/h7-10,19,22,24-26H,5-6,11-18H2,1-4H3,(H,29,34)/t22-,24-,25+,26+/m0/s1. The molecule has 9 nitrogen and oxygen atoms in total. The van der Waals surface area contributed by atoms with Crippen LogP contribution in [0.5, 0.6) is 0 Å². The van der Waals surface area contributed by atoms with Crippen LogP contribution in [-0.4, -0.2) is 104 Å². The number of likely N-dealkylation sites (tertiary alicyclic amines) is 1. The van der Waals surface area contributed by atoms with Crippen molar-refractivity contribution in [2.75, 3.05) is 57.4 Å².